The summed E-state index contributed by atoms with van der Waals surface area (Å²) in [5.74, 6) is 1.37. The zero-order valence-corrected chi connectivity index (χ0v) is 15.3. The first-order valence-corrected chi connectivity index (χ1v) is 8.32. The number of aryl methyl sites for hydroxylation is 2. The van der Waals surface area contributed by atoms with Crippen molar-refractivity contribution < 1.29 is 14.3 Å². The second-order valence-corrected chi connectivity index (χ2v) is 5.94. The summed E-state index contributed by atoms with van der Waals surface area (Å²) in [6, 6.07) is 11.9. The van der Waals surface area contributed by atoms with E-state index in [-0.39, 0.29) is 12.5 Å². The van der Waals surface area contributed by atoms with Crippen molar-refractivity contribution in [1.29, 1.82) is 0 Å². The Hall–Kier alpha value is -2.69. The van der Waals surface area contributed by atoms with Gasteiger partial charge in [0.25, 0.3) is 0 Å². The summed E-state index contributed by atoms with van der Waals surface area (Å²) < 4.78 is 10.5. The van der Waals surface area contributed by atoms with E-state index in [0.717, 1.165) is 17.7 Å². The molecule has 0 saturated carbocycles. The molecule has 0 aromatic heterocycles. The van der Waals surface area contributed by atoms with Crippen molar-refractivity contribution in [3.8, 4) is 11.5 Å². The zero-order valence-electron chi connectivity index (χ0n) is 15.3. The number of benzene rings is 2. The van der Waals surface area contributed by atoms with Crippen LogP contribution in [0.15, 0.2) is 36.4 Å². The number of hydrogen-bond acceptors (Lipinski definition) is 4. The summed E-state index contributed by atoms with van der Waals surface area (Å²) in [6.45, 7) is 4.96. The van der Waals surface area contributed by atoms with Gasteiger partial charge in [0.05, 0.1) is 20.8 Å². The predicted octanol–water partition coefficient (Wildman–Crippen LogP) is 3.09. The Balaban J connectivity index is 1.77. The van der Waals surface area contributed by atoms with Gasteiger partial charge in [-0.1, -0.05) is 12.1 Å². The van der Waals surface area contributed by atoms with Gasteiger partial charge in [-0.15, -0.1) is 0 Å². The van der Waals surface area contributed by atoms with E-state index in [1.54, 1.807) is 14.2 Å². The molecule has 134 valence electrons. The Morgan fingerprint density at radius 2 is 1.72 bits per heavy atom. The lowest BCUT2D eigenvalue weighted by molar-refractivity contribution is -0.119. The van der Waals surface area contributed by atoms with Gasteiger partial charge in [-0.3, -0.25) is 4.79 Å². The van der Waals surface area contributed by atoms with E-state index in [1.165, 1.54) is 11.1 Å². The molecule has 2 aromatic carbocycles. The van der Waals surface area contributed by atoms with E-state index in [2.05, 4.69) is 24.5 Å². The average molecular weight is 342 g/mol. The molecule has 5 heteroatoms. The number of methoxy groups -OCH3 is 2. The molecule has 2 rings (SSSR count). The fourth-order valence-corrected chi connectivity index (χ4v) is 2.48. The third-order valence-electron chi connectivity index (χ3n) is 4.14. The van der Waals surface area contributed by atoms with Gasteiger partial charge in [0.1, 0.15) is 0 Å². The highest BCUT2D eigenvalue weighted by Gasteiger charge is 2.06. The topological polar surface area (TPSA) is 59.6 Å². The van der Waals surface area contributed by atoms with Crippen LogP contribution in [0.5, 0.6) is 11.5 Å². The predicted molar refractivity (Wildman–Crippen MR) is 101 cm³/mol. The second-order valence-electron chi connectivity index (χ2n) is 5.94. The fraction of sp³-hybridized carbons (Fsp3) is 0.350. The summed E-state index contributed by atoms with van der Waals surface area (Å²) in [5.41, 5.74) is 4.49. The lowest BCUT2D eigenvalue weighted by Crippen LogP contribution is -2.31. The monoisotopic (exact) mass is 342 g/mol. The van der Waals surface area contributed by atoms with Crippen LogP contribution in [0.3, 0.4) is 0 Å². The van der Waals surface area contributed by atoms with Gasteiger partial charge in [-0.25, -0.2) is 0 Å². The highest BCUT2D eigenvalue weighted by Crippen LogP contribution is 2.27. The van der Waals surface area contributed by atoms with Crippen LogP contribution in [0, 0.1) is 13.8 Å². The third-order valence-corrected chi connectivity index (χ3v) is 4.14. The number of amides is 1. The van der Waals surface area contributed by atoms with Gasteiger partial charge in [0.2, 0.25) is 5.91 Å². The zero-order chi connectivity index (χ0) is 18.2. The molecular weight excluding hydrogens is 316 g/mol. The molecule has 0 heterocycles. The molecule has 25 heavy (non-hydrogen) atoms. The van der Waals surface area contributed by atoms with Crippen molar-refractivity contribution in [1.82, 2.24) is 5.32 Å². The highest BCUT2D eigenvalue weighted by atomic mass is 16.5. The van der Waals surface area contributed by atoms with Gasteiger partial charge in [0, 0.05) is 12.2 Å². The largest absolute Gasteiger partial charge is 0.493 e. The van der Waals surface area contributed by atoms with Crippen LogP contribution in [-0.2, 0) is 11.2 Å². The van der Waals surface area contributed by atoms with E-state index in [9.17, 15) is 4.79 Å². The van der Waals surface area contributed by atoms with Gasteiger partial charge in [-0.05, 0) is 61.2 Å². The molecule has 0 radical (unpaired) electrons. The summed E-state index contributed by atoms with van der Waals surface area (Å²) in [7, 11) is 3.22. The lowest BCUT2D eigenvalue weighted by Gasteiger charge is -2.11. The first-order valence-electron chi connectivity index (χ1n) is 8.32. The molecule has 0 unspecified atom stereocenters. The Labute approximate surface area is 149 Å². The van der Waals surface area contributed by atoms with Crippen LogP contribution in [-0.4, -0.2) is 33.2 Å². The summed E-state index contributed by atoms with van der Waals surface area (Å²) in [6.07, 6.45) is 0.732. The molecular formula is C20H26N2O3. The molecule has 0 aliphatic rings. The molecule has 1 amide bonds. The third kappa shape index (κ3) is 5.41. The molecule has 2 N–H and O–H groups in total. The van der Waals surface area contributed by atoms with Crippen LogP contribution >= 0.6 is 0 Å². The summed E-state index contributed by atoms with van der Waals surface area (Å²) in [5, 5.41) is 6.07. The average Bonchev–Trinajstić information content (AvgIpc) is 2.62. The number of anilines is 1. The van der Waals surface area contributed by atoms with Crippen LogP contribution in [0.4, 0.5) is 5.69 Å². The fourth-order valence-electron chi connectivity index (χ4n) is 2.48. The number of rotatable bonds is 8. The Morgan fingerprint density at radius 1 is 0.960 bits per heavy atom. The van der Waals surface area contributed by atoms with Gasteiger partial charge >= 0.3 is 0 Å². The summed E-state index contributed by atoms with van der Waals surface area (Å²) in [4.78, 5) is 12.0. The molecule has 0 atom stereocenters. The molecule has 5 nitrogen and oxygen atoms in total. The van der Waals surface area contributed by atoms with E-state index in [0.29, 0.717) is 18.0 Å². The number of carbonyl (C=O) groups excluding carboxylic acids is 1. The van der Waals surface area contributed by atoms with E-state index >= 15 is 0 Å². The Kier molecular flexibility index (Phi) is 6.69. The Bertz CT molecular complexity index is 729. The number of ether oxygens (including phenoxy) is 2. The van der Waals surface area contributed by atoms with Gasteiger partial charge < -0.3 is 20.1 Å². The SMILES string of the molecule is COc1ccc(CCNC(=O)CNc2ccc(C)c(C)c2)cc1OC. The lowest BCUT2D eigenvalue weighted by atomic mass is 10.1. The van der Waals surface area contributed by atoms with Gasteiger partial charge in [0.15, 0.2) is 11.5 Å². The highest BCUT2D eigenvalue weighted by molar-refractivity contribution is 5.80. The smallest absolute Gasteiger partial charge is 0.239 e. The standard InChI is InChI=1S/C20H26N2O3/c1-14-5-7-17(11-15(14)2)22-13-20(23)21-10-9-16-6-8-18(24-3)19(12-16)25-4/h5-8,11-12,22H,9-10,13H2,1-4H3,(H,21,23). The number of hydrogen-bond donors (Lipinski definition) is 2. The van der Waals surface area contributed by atoms with Crippen molar-refractivity contribution in [3.05, 3.63) is 53.1 Å². The molecule has 0 bridgehead atoms. The Morgan fingerprint density at radius 3 is 2.40 bits per heavy atom. The first kappa shape index (κ1) is 18.6. The van der Waals surface area contributed by atoms with Crippen LogP contribution < -0.4 is 20.1 Å². The minimum absolute atomic E-state index is 0.0290. The molecule has 0 aliphatic carbocycles. The minimum atomic E-state index is -0.0290. The maximum atomic E-state index is 12.0. The van der Waals surface area contributed by atoms with Crippen molar-refractivity contribution in [3.63, 3.8) is 0 Å². The molecule has 0 saturated heterocycles. The molecule has 2 aromatic rings. The molecule has 0 aliphatic heterocycles. The van der Waals surface area contributed by atoms with Crippen molar-refractivity contribution in [2.45, 2.75) is 20.3 Å². The van der Waals surface area contributed by atoms with Gasteiger partial charge in [-0.2, -0.15) is 0 Å². The van der Waals surface area contributed by atoms with E-state index < -0.39 is 0 Å². The number of carbonyl (C=O) groups is 1. The molecule has 0 spiro atoms. The maximum absolute atomic E-state index is 12.0. The summed E-state index contributed by atoms with van der Waals surface area (Å²) >= 11 is 0. The number of nitrogens with one attached hydrogen (secondary N) is 2. The van der Waals surface area contributed by atoms with Crippen LogP contribution in [0.2, 0.25) is 0 Å². The van der Waals surface area contributed by atoms with Crippen LogP contribution in [0.25, 0.3) is 0 Å². The van der Waals surface area contributed by atoms with E-state index in [1.807, 2.05) is 36.4 Å². The maximum Gasteiger partial charge on any atom is 0.239 e. The van der Waals surface area contributed by atoms with Crippen molar-refractivity contribution in [2.75, 3.05) is 32.6 Å². The second kappa shape index (κ2) is 8.97. The first-order chi connectivity index (χ1) is 12.0. The minimum Gasteiger partial charge on any atom is -0.493 e. The van der Waals surface area contributed by atoms with Crippen molar-refractivity contribution in [2.24, 2.45) is 0 Å². The normalized spacial score (nSPS) is 10.2. The van der Waals surface area contributed by atoms with Crippen molar-refractivity contribution >= 4 is 11.6 Å². The molecule has 0 fully saturated rings. The quantitative estimate of drug-likeness (QED) is 0.774. The van der Waals surface area contributed by atoms with Crippen LogP contribution in [0.1, 0.15) is 16.7 Å². The van der Waals surface area contributed by atoms with E-state index in [4.69, 9.17) is 9.47 Å².